The predicted molar refractivity (Wildman–Crippen MR) is 59.2 cm³/mol. The van der Waals surface area contributed by atoms with E-state index in [9.17, 15) is 4.79 Å². The first kappa shape index (κ1) is 13.2. The summed E-state index contributed by atoms with van der Waals surface area (Å²) in [6.45, 7) is 5.65. The van der Waals surface area contributed by atoms with Crippen LogP contribution in [0.4, 0.5) is 0 Å². The van der Waals surface area contributed by atoms with Crippen LogP contribution in [-0.2, 0) is 9.53 Å². The zero-order chi connectivity index (χ0) is 11.0. The third-order valence-corrected chi connectivity index (χ3v) is 2.06. The summed E-state index contributed by atoms with van der Waals surface area (Å²) in [5.41, 5.74) is 0.380. The van der Waals surface area contributed by atoms with Gasteiger partial charge >= 0.3 is 5.97 Å². The number of allylic oxidation sites excluding steroid dienone is 1. The van der Waals surface area contributed by atoms with Gasteiger partial charge in [0.1, 0.15) is 0 Å². The van der Waals surface area contributed by atoms with Crippen molar-refractivity contribution in [2.24, 2.45) is 0 Å². The summed E-state index contributed by atoms with van der Waals surface area (Å²) in [5.74, 6) is -0.415. The summed E-state index contributed by atoms with van der Waals surface area (Å²) >= 11 is 5.67. The lowest BCUT2D eigenvalue weighted by molar-refractivity contribution is -0.135. The molecule has 0 rings (SSSR count). The average molecular weight is 217 g/mol. The molecule has 0 amide bonds. The molecular formula is C11H17ClO2. The number of unbranched alkanes of at least 4 members (excludes halogenated alkanes) is 3. The highest BCUT2D eigenvalue weighted by atomic mass is 35.5. The van der Waals surface area contributed by atoms with Crippen LogP contribution >= 0.6 is 11.6 Å². The quantitative estimate of drug-likeness (QED) is 0.294. The summed E-state index contributed by atoms with van der Waals surface area (Å²) in [4.78, 5) is 11.2. The van der Waals surface area contributed by atoms with Crippen LogP contribution in [0.25, 0.3) is 0 Å². The first-order valence-corrected chi connectivity index (χ1v) is 5.14. The maximum Gasteiger partial charge on any atom is 0.339 e. The van der Waals surface area contributed by atoms with Crippen LogP contribution in [0.2, 0.25) is 0 Å². The molecule has 0 fully saturated rings. The molecule has 80 valence electrons. The van der Waals surface area contributed by atoms with Gasteiger partial charge in [0.15, 0.2) is 0 Å². The second kappa shape index (κ2) is 7.63. The molecule has 0 spiro atoms. The molecule has 0 aliphatic heterocycles. The van der Waals surface area contributed by atoms with Crippen molar-refractivity contribution in [3.8, 4) is 0 Å². The van der Waals surface area contributed by atoms with E-state index in [0.717, 1.165) is 25.7 Å². The van der Waals surface area contributed by atoms with E-state index in [1.807, 2.05) is 0 Å². The van der Waals surface area contributed by atoms with Gasteiger partial charge in [-0.1, -0.05) is 44.0 Å². The van der Waals surface area contributed by atoms with Crippen LogP contribution in [0.1, 0.15) is 32.6 Å². The molecule has 0 N–H and O–H groups in total. The Bertz CT molecular complexity index is 231. The largest absolute Gasteiger partial charge is 0.465 e. The summed E-state index contributed by atoms with van der Waals surface area (Å²) in [6, 6.07) is 0. The molecule has 0 radical (unpaired) electrons. The van der Waals surface area contributed by atoms with Crippen LogP contribution in [0.15, 0.2) is 23.3 Å². The van der Waals surface area contributed by atoms with Gasteiger partial charge in [0.05, 0.1) is 12.7 Å². The molecule has 0 unspecified atom stereocenters. The molecule has 0 saturated heterocycles. The van der Waals surface area contributed by atoms with Crippen molar-refractivity contribution in [2.75, 3.05) is 7.11 Å². The highest BCUT2D eigenvalue weighted by Crippen LogP contribution is 2.15. The van der Waals surface area contributed by atoms with E-state index in [4.69, 9.17) is 11.6 Å². The lowest BCUT2D eigenvalue weighted by Crippen LogP contribution is -2.04. The minimum absolute atomic E-state index is 0.244. The Labute approximate surface area is 90.6 Å². The Morgan fingerprint density at radius 3 is 2.57 bits per heavy atom. The summed E-state index contributed by atoms with van der Waals surface area (Å²) < 4.78 is 4.58. The van der Waals surface area contributed by atoms with Crippen LogP contribution in [0, 0.1) is 0 Å². The maximum atomic E-state index is 11.2. The number of carbonyl (C=O) groups excluding carboxylic acids is 1. The first-order valence-electron chi connectivity index (χ1n) is 4.76. The summed E-state index contributed by atoms with van der Waals surface area (Å²) in [5, 5.41) is 0.244. The Kier molecular flexibility index (Phi) is 7.21. The lowest BCUT2D eigenvalue weighted by atomic mass is 10.1. The van der Waals surface area contributed by atoms with Gasteiger partial charge in [-0.3, -0.25) is 0 Å². The van der Waals surface area contributed by atoms with Crippen molar-refractivity contribution >= 4 is 17.6 Å². The van der Waals surface area contributed by atoms with E-state index in [0.29, 0.717) is 5.57 Å². The number of rotatable bonds is 6. The monoisotopic (exact) mass is 216 g/mol. The van der Waals surface area contributed by atoms with Gasteiger partial charge in [0.25, 0.3) is 0 Å². The fraction of sp³-hybridized carbons (Fsp3) is 0.545. The van der Waals surface area contributed by atoms with Crippen LogP contribution < -0.4 is 0 Å². The molecule has 0 aliphatic carbocycles. The van der Waals surface area contributed by atoms with Crippen LogP contribution in [-0.4, -0.2) is 13.1 Å². The Morgan fingerprint density at radius 2 is 2.14 bits per heavy atom. The van der Waals surface area contributed by atoms with Crippen molar-refractivity contribution in [1.82, 2.24) is 0 Å². The highest BCUT2D eigenvalue weighted by molar-refractivity contribution is 6.34. The molecule has 0 bridgehead atoms. The van der Waals surface area contributed by atoms with E-state index in [1.54, 1.807) is 6.08 Å². The number of halogens is 1. The average Bonchev–Trinajstić information content (AvgIpc) is 2.16. The van der Waals surface area contributed by atoms with Gasteiger partial charge in [-0.15, -0.1) is 0 Å². The topological polar surface area (TPSA) is 26.3 Å². The highest BCUT2D eigenvalue weighted by Gasteiger charge is 2.10. The van der Waals surface area contributed by atoms with Gasteiger partial charge in [-0.05, 0) is 12.8 Å². The summed E-state index contributed by atoms with van der Waals surface area (Å²) in [6.07, 6.45) is 5.99. The molecule has 0 aromatic heterocycles. The molecular weight excluding hydrogens is 200 g/mol. The van der Waals surface area contributed by atoms with Crippen LogP contribution in [0.5, 0.6) is 0 Å². The van der Waals surface area contributed by atoms with Crippen molar-refractivity contribution in [3.63, 3.8) is 0 Å². The van der Waals surface area contributed by atoms with Crippen molar-refractivity contribution in [2.45, 2.75) is 32.6 Å². The molecule has 0 heterocycles. The normalized spacial score (nSPS) is 11.2. The van der Waals surface area contributed by atoms with Crippen molar-refractivity contribution < 1.29 is 9.53 Å². The van der Waals surface area contributed by atoms with Gasteiger partial charge in [-0.2, -0.15) is 0 Å². The second-order valence-corrected chi connectivity index (χ2v) is 3.47. The number of hydrogen-bond donors (Lipinski definition) is 0. The number of esters is 1. The number of hydrogen-bond acceptors (Lipinski definition) is 2. The number of ether oxygens (including phenoxy) is 1. The van der Waals surface area contributed by atoms with E-state index in [-0.39, 0.29) is 5.03 Å². The molecule has 0 aromatic carbocycles. The lowest BCUT2D eigenvalue weighted by Gasteiger charge is -2.02. The first-order chi connectivity index (χ1) is 6.63. The van der Waals surface area contributed by atoms with Crippen molar-refractivity contribution in [3.05, 3.63) is 23.3 Å². The third-order valence-electron chi connectivity index (χ3n) is 1.85. The van der Waals surface area contributed by atoms with Gasteiger partial charge in [-0.25, -0.2) is 4.79 Å². The van der Waals surface area contributed by atoms with Gasteiger partial charge in [0.2, 0.25) is 0 Å². The molecule has 2 nitrogen and oxygen atoms in total. The summed E-state index contributed by atoms with van der Waals surface area (Å²) in [7, 11) is 1.34. The maximum absolute atomic E-state index is 11.2. The van der Waals surface area contributed by atoms with Gasteiger partial charge < -0.3 is 4.74 Å². The molecule has 14 heavy (non-hydrogen) atoms. The van der Waals surface area contributed by atoms with E-state index >= 15 is 0 Å². The Balaban J connectivity index is 4.20. The van der Waals surface area contributed by atoms with E-state index in [1.165, 1.54) is 7.11 Å². The van der Waals surface area contributed by atoms with Gasteiger partial charge in [0, 0.05) is 5.03 Å². The number of carbonyl (C=O) groups is 1. The molecule has 0 aliphatic rings. The Morgan fingerprint density at radius 1 is 1.50 bits per heavy atom. The predicted octanol–water partition coefficient (Wildman–Crippen LogP) is 3.42. The van der Waals surface area contributed by atoms with E-state index < -0.39 is 5.97 Å². The second-order valence-electron chi connectivity index (χ2n) is 3.01. The zero-order valence-corrected chi connectivity index (χ0v) is 9.56. The van der Waals surface area contributed by atoms with Crippen LogP contribution in [0.3, 0.4) is 0 Å². The fourth-order valence-corrected chi connectivity index (χ4v) is 1.21. The molecule has 0 saturated carbocycles. The molecule has 0 atom stereocenters. The molecule has 0 aromatic rings. The SMILES string of the molecule is C=C(Cl)/C(=C\CCCCC)C(=O)OC. The smallest absolute Gasteiger partial charge is 0.339 e. The Hall–Kier alpha value is -0.760. The zero-order valence-electron chi connectivity index (χ0n) is 8.81. The fourth-order valence-electron chi connectivity index (χ4n) is 1.06. The third kappa shape index (κ3) is 5.07. The van der Waals surface area contributed by atoms with E-state index in [2.05, 4.69) is 18.2 Å². The minimum Gasteiger partial charge on any atom is -0.465 e. The minimum atomic E-state index is -0.415. The standard InChI is InChI=1S/C11H17ClO2/c1-4-5-6-7-8-10(9(2)12)11(13)14-3/h8H,2,4-7H2,1,3H3/b10-8+. The van der Waals surface area contributed by atoms with Crippen molar-refractivity contribution in [1.29, 1.82) is 0 Å². The number of methoxy groups -OCH3 is 1. The molecule has 3 heteroatoms.